The molecule has 0 aromatic carbocycles. The Balaban J connectivity index is 5.20. The third-order valence-electron chi connectivity index (χ3n) is 18.4. The van der Waals surface area contributed by atoms with Crippen molar-refractivity contribution in [1.82, 2.24) is 0 Å². The van der Waals surface area contributed by atoms with Crippen LogP contribution in [0.3, 0.4) is 0 Å². The minimum Gasteiger partial charge on any atom is -0.462 e. The van der Waals surface area contributed by atoms with Gasteiger partial charge in [0, 0.05) is 25.7 Å². The van der Waals surface area contributed by atoms with Crippen LogP contribution in [0.25, 0.3) is 0 Å². The van der Waals surface area contributed by atoms with Crippen LogP contribution in [-0.2, 0) is 65.4 Å². The van der Waals surface area contributed by atoms with Crippen molar-refractivity contribution in [3.8, 4) is 0 Å². The van der Waals surface area contributed by atoms with Crippen LogP contribution in [0.5, 0.6) is 0 Å². The van der Waals surface area contributed by atoms with Gasteiger partial charge in [0.15, 0.2) is 12.2 Å². The molecule has 0 radical (unpaired) electrons. The summed E-state index contributed by atoms with van der Waals surface area (Å²) in [4.78, 5) is 72.8. The molecule has 0 bridgehead atoms. The van der Waals surface area contributed by atoms with Crippen LogP contribution in [-0.4, -0.2) is 96.7 Å². The summed E-state index contributed by atoms with van der Waals surface area (Å²) in [6.45, 7) is 11.8. The van der Waals surface area contributed by atoms with Gasteiger partial charge >= 0.3 is 39.5 Å². The van der Waals surface area contributed by atoms with Gasteiger partial charge in [-0.15, -0.1) is 0 Å². The second-order valence-corrected chi connectivity index (χ2v) is 31.3. The van der Waals surface area contributed by atoms with Crippen LogP contribution in [0.1, 0.15) is 389 Å². The van der Waals surface area contributed by atoms with Crippen LogP contribution in [0.4, 0.5) is 0 Å². The van der Waals surface area contributed by atoms with Gasteiger partial charge in [0.2, 0.25) is 0 Å². The highest BCUT2D eigenvalue weighted by molar-refractivity contribution is 7.47. The number of ether oxygens (including phenoxy) is 4. The first-order valence-corrected chi connectivity index (χ1v) is 42.4. The van der Waals surface area contributed by atoms with Crippen molar-refractivity contribution >= 4 is 39.5 Å². The first-order chi connectivity index (χ1) is 45.8. The molecule has 7 atom stereocenters. The van der Waals surface area contributed by atoms with Crippen molar-refractivity contribution in [3.63, 3.8) is 0 Å². The molecule has 0 aliphatic heterocycles. The number of aliphatic hydroxyl groups excluding tert-OH is 1. The van der Waals surface area contributed by atoms with E-state index in [0.29, 0.717) is 31.6 Å². The molecule has 0 spiro atoms. The fraction of sp³-hybridized carbons (Fsp3) is 0.947. The minimum absolute atomic E-state index is 0.104. The molecular formula is C76H148O17P2. The first kappa shape index (κ1) is 93.1. The maximum absolute atomic E-state index is 13.1. The summed E-state index contributed by atoms with van der Waals surface area (Å²) >= 11 is 0. The lowest BCUT2D eigenvalue weighted by molar-refractivity contribution is -0.161. The van der Waals surface area contributed by atoms with Gasteiger partial charge in [0.05, 0.1) is 26.4 Å². The van der Waals surface area contributed by atoms with Crippen LogP contribution in [0, 0.1) is 17.8 Å². The van der Waals surface area contributed by atoms with E-state index in [9.17, 15) is 43.2 Å². The van der Waals surface area contributed by atoms with E-state index in [1.807, 2.05) is 0 Å². The van der Waals surface area contributed by atoms with Crippen LogP contribution in [0.15, 0.2) is 0 Å². The number of phosphoric ester groups is 2. The molecule has 0 aliphatic rings. The maximum atomic E-state index is 13.1. The maximum Gasteiger partial charge on any atom is 0.472 e. The van der Waals surface area contributed by atoms with E-state index in [1.165, 1.54) is 193 Å². The van der Waals surface area contributed by atoms with Gasteiger partial charge in [0.1, 0.15) is 19.3 Å². The number of esters is 4. The van der Waals surface area contributed by atoms with Crippen LogP contribution < -0.4 is 0 Å². The number of rotatable bonds is 74. The molecule has 0 heterocycles. The van der Waals surface area contributed by atoms with Crippen molar-refractivity contribution < 1.29 is 80.2 Å². The lowest BCUT2D eigenvalue weighted by Gasteiger charge is -2.21. The third kappa shape index (κ3) is 67.6. The highest BCUT2D eigenvalue weighted by atomic mass is 31.2. The van der Waals surface area contributed by atoms with E-state index in [0.717, 1.165) is 108 Å². The SMILES string of the molecule is CCCCCCCCCCCCCCCCCCCCCCCC(=O)O[C@H](COC(=O)CCCCCCCCCCC(C)CC)COP(=O)(O)OC[C@@H](O)COP(=O)(O)OC[C@@H](COC(=O)CCCCCCCCCC(C)C)OC(=O)CCCCCCCCCCC(C)CC. The predicted molar refractivity (Wildman–Crippen MR) is 386 cm³/mol. The largest absolute Gasteiger partial charge is 0.472 e. The quantitative estimate of drug-likeness (QED) is 0.0222. The molecule has 0 rings (SSSR count). The molecule has 0 amide bonds. The van der Waals surface area contributed by atoms with Crippen molar-refractivity contribution in [2.45, 2.75) is 407 Å². The van der Waals surface area contributed by atoms with Gasteiger partial charge < -0.3 is 33.8 Å². The van der Waals surface area contributed by atoms with Crippen molar-refractivity contribution in [1.29, 1.82) is 0 Å². The molecule has 564 valence electrons. The Bertz CT molecular complexity index is 1860. The van der Waals surface area contributed by atoms with Gasteiger partial charge in [-0.05, 0) is 43.4 Å². The molecule has 19 heteroatoms. The normalized spacial score (nSPS) is 14.6. The summed E-state index contributed by atoms with van der Waals surface area (Å²) in [5.41, 5.74) is 0. The summed E-state index contributed by atoms with van der Waals surface area (Å²) in [5.74, 6) is 0.129. The highest BCUT2D eigenvalue weighted by Gasteiger charge is 2.30. The average Bonchev–Trinajstić information content (AvgIpc) is 2.47. The van der Waals surface area contributed by atoms with Gasteiger partial charge in [-0.25, -0.2) is 9.13 Å². The zero-order valence-corrected chi connectivity index (χ0v) is 63.9. The second-order valence-electron chi connectivity index (χ2n) is 28.4. The Kier molecular flexibility index (Phi) is 65.2. The monoisotopic (exact) mass is 1400 g/mol. The van der Waals surface area contributed by atoms with Gasteiger partial charge in [-0.1, -0.05) is 337 Å². The molecule has 0 aromatic rings. The third-order valence-corrected chi connectivity index (χ3v) is 20.3. The lowest BCUT2D eigenvalue weighted by Crippen LogP contribution is -2.30. The van der Waals surface area contributed by atoms with E-state index in [-0.39, 0.29) is 25.7 Å². The summed E-state index contributed by atoms with van der Waals surface area (Å²) in [7, 11) is -9.91. The van der Waals surface area contributed by atoms with Crippen LogP contribution in [0.2, 0.25) is 0 Å². The topological polar surface area (TPSA) is 237 Å². The second kappa shape index (κ2) is 66.6. The predicted octanol–water partition coefficient (Wildman–Crippen LogP) is 22.2. The van der Waals surface area contributed by atoms with Crippen LogP contribution >= 0.6 is 15.6 Å². The molecule has 3 N–H and O–H groups in total. The average molecular weight is 1400 g/mol. The zero-order chi connectivity index (χ0) is 70.1. The summed E-state index contributed by atoms with van der Waals surface area (Å²) in [6, 6.07) is 0. The van der Waals surface area contributed by atoms with Crippen molar-refractivity contribution in [3.05, 3.63) is 0 Å². The zero-order valence-electron chi connectivity index (χ0n) is 62.1. The van der Waals surface area contributed by atoms with Crippen molar-refractivity contribution in [2.75, 3.05) is 39.6 Å². The smallest absolute Gasteiger partial charge is 0.462 e. The number of carbonyl (C=O) groups is 4. The van der Waals surface area contributed by atoms with Gasteiger partial charge in [-0.3, -0.25) is 37.3 Å². The lowest BCUT2D eigenvalue weighted by atomic mass is 9.99. The number of carbonyl (C=O) groups excluding carboxylic acids is 4. The number of hydrogen-bond acceptors (Lipinski definition) is 15. The number of hydrogen-bond donors (Lipinski definition) is 3. The van der Waals surface area contributed by atoms with Gasteiger partial charge in [-0.2, -0.15) is 0 Å². The molecule has 95 heavy (non-hydrogen) atoms. The summed E-state index contributed by atoms with van der Waals surface area (Å²) in [5, 5.41) is 10.6. The Morgan fingerprint density at radius 1 is 0.305 bits per heavy atom. The molecule has 0 aromatic heterocycles. The van der Waals surface area contributed by atoms with E-state index >= 15 is 0 Å². The number of phosphoric acid groups is 2. The Hall–Kier alpha value is -1.94. The van der Waals surface area contributed by atoms with Gasteiger partial charge in [0.25, 0.3) is 0 Å². The molecule has 0 fully saturated rings. The summed E-state index contributed by atoms with van der Waals surface area (Å²) < 4.78 is 68.5. The van der Waals surface area contributed by atoms with E-state index in [2.05, 4.69) is 48.5 Å². The molecular weight excluding hydrogens is 1250 g/mol. The number of unbranched alkanes of at least 4 members (excludes halogenated alkanes) is 40. The summed E-state index contributed by atoms with van der Waals surface area (Å²) in [6.07, 6.45) is 52.9. The highest BCUT2D eigenvalue weighted by Crippen LogP contribution is 2.45. The van der Waals surface area contributed by atoms with E-state index < -0.39 is 97.5 Å². The molecule has 0 saturated heterocycles. The first-order valence-electron chi connectivity index (χ1n) is 39.4. The Morgan fingerprint density at radius 3 is 0.800 bits per heavy atom. The molecule has 0 saturated carbocycles. The molecule has 4 unspecified atom stereocenters. The fourth-order valence-electron chi connectivity index (χ4n) is 11.5. The minimum atomic E-state index is -4.96. The molecule has 17 nitrogen and oxygen atoms in total. The Labute approximate surface area is 581 Å². The van der Waals surface area contributed by atoms with Crippen molar-refractivity contribution in [2.24, 2.45) is 17.8 Å². The fourth-order valence-corrected chi connectivity index (χ4v) is 13.1. The van der Waals surface area contributed by atoms with E-state index in [1.54, 1.807) is 0 Å². The standard InChI is InChI=1S/C76H148O17P2/c1-8-11-12-13-14-15-16-17-18-19-20-21-22-23-24-25-26-27-37-45-52-59-75(80)92-71(63-86-73(78)57-50-43-36-30-28-34-41-48-55-68(6)9-2)65-90-94(82,83)88-61-70(77)62-89-95(84,85)91-66-72(64-87-74(79)58-51-44-39-32-33-40-47-54-67(4)5)93-76(81)60-53-46-38-31-29-35-42-49-56-69(7)10-3/h67-72,77H,8-66H2,1-7H3,(H,82,83)(H,84,85)/t68?,69?,70-,71-,72-/m1/s1. The van der Waals surface area contributed by atoms with E-state index in [4.69, 9.17) is 37.0 Å². The molecule has 0 aliphatic carbocycles. The Morgan fingerprint density at radius 2 is 0.537 bits per heavy atom. The number of aliphatic hydroxyl groups is 1.